The summed E-state index contributed by atoms with van der Waals surface area (Å²) in [5.74, 6) is -0.509. The van der Waals surface area contributed by atoms with E-state index in [4.69, 9.17) is 4.74 Å². The highest BCUT2D eigenvalue weighted by molar-refractivity contribution is 5.76. The maximum absolute atomic E-state index is 12.8. The van der Waals surface area contributed by atoms with Crippen molar-refractivity contribution in [2.24, 2.45) is 0 Å². The predicted octanol–water partition coefficient (Wildman–Crippen LogP) is 5.04. The van der Waals surface area contributed by atoms with Crippen LogP contribution in [0.25, 0.3) is 0 Å². The molecule has 1 fully saturated rings. The van der Waals surface area contributed by atoms with Gasteiger partial charge in [0, 0.05) is 38.8 Å². The van der Waals surface area contributed by atoms with Gasteiger partial charge in [0.05, 0.1) is 5.56 Å². The molecule has 1 aliphatic heterocycles. The van der Waals surface area contributed by atoms with E-state index in [1.807, 2.05) is 12.1 Å². The first-order valence-corrected chi connectivity index (χ1v) is 11.1. The number of aliphatic carboxylic acids is 1. The van der Waals surface area contributed by atoms with Crippen molar-refractivity contribution in [1.29, 1.82) is 0 Å². The summed E-state index contributed by atoms with van der Waals surface area (Å²) in [6.45, 7) is 9.14. The second-order valence-electron chi connectivity index (χ2n) is 9.02. The molecule has 5 nitrogen and oxygen atoms in total. The van der Waals surface area contributed by atoms with E-state index in [0.717, 1.165) is 55.9 Å². The topological polar surface area (TPSA) is 53.0 Å². The maximum atomic E-state index is 12.8. The molecule has 1 heterocycles. The van der Waals surface area contributed by atoms with Crippen molar-refractivity contribution in [1.82, 2.24) is 9.80 Å². The molecule has 33 heavy (non-hydrogen) atoms. The lowest BCUT2D eigenvalue weighted by Crippen LogP contribution is -2.52. The summed E-state index contributed by atoms with van der Waals surface area (Å²) in [5, 5.41) is 9.20. The lowest BCUT2D eigenvalue weighted by atomic mass is 10.1. The van der Waals surface area contributed by atoms with Gasteiger partial charge < -0.3 is 9.84 Å². The Balaban J connectivity index is 1.55. The standard InChI is InChI=1S/C25H31F3N2O3/c1-4-21-17-29(15-18-7-11-22(12-8-18)33-24(2,3)23(31)32)13-14-30(21)16-19-5-9-20(10-6-19)25(26,27)28/h5-12,21H,4,13-17H2,1-3H3,(H,31,32). The van der Waals surface area contributed by atoms with E-state index in [1.54, 1.807) is 24.3 Å². The Hall–Kier alpha value is -2.58. The molecule has 0 aromatic heterocycles. The molecule has 1 N–H and O–H groups in total. The van der Waals surface area contributed by atoms with Gasteiger partial charge in [-0.05, 0) is 55.7 Å². The highest BCUT2D eigenvalue weighted by Crippen LogP contribution is 2.29. The second kappa shape index (κ2) is 10.1. The van der Waals surface area contributed by atoms with Gasteiger partial charge in [-0.3, -0.25) is 9.80 Å². The molecule has 1 saturated heterocycles. The fourth-order valence-corrected chi connectivity index (χ4v) is 3.99. The second-order valence-corrected chi connectivity index (χ2v) is 9.02. The number of carbonyl (C=O) groups is 1. The number of carboxylic acids is 1. The van der Waals surface area contributed by atoms with Crippen LogP contribution < -0.4 is 4.74 Å². The van der Waals surface area contributed by atoms with Crippen LogP contribution in [0.5, 0.6) is 5.75 Å². The maximum Gasteiger partial charge on any atom is 0.416 e. The Morgan fingerprint density at radius 1 is 1.00 bits per heavy atom. The van der Waals surface area contributed by atoms with E-state index >= 15 is 0 Å². The predicted molar refractivity (Wildman–Crippen MR) is 120 cm³/mol. The summed E-state index contributed by atoms with van der Waals surface area (Å²) in [7, 11) is 0. The summed E-state index contributed by atoms with van der Waals surface area (Å²) >= 11 is 0. The third-order valence-electron chi connectivity index (χ3n) is 6.04. The first-order chi connectivity index (χ1) is 15.5. The SMILES string of the molecule is CCC1CN(Cc2ccc(OC(C)(C)C(=O)O)cc2)CCN1Cc1ccc(C(F)(F)F)cc1. The Kier molecular flexibility index (Phi) is 7.69. The molecule has 2 aromatic carbocycles. The summed E-state index contributed by atoms with van der Waals surface area (Å²) in [5.41, 5.74) is 0.0848. The minimum atomic E-state index is -4.31. The Bertz CT molecular complexity index is 927. The molecule has 1 aliphatic rings. The quantitative estimate of drug-likeness (QED) is 0.593. The number of alkyl halides is 3. The van der Waals surface area contributed by atoms with E-state index < -0.39 is 23.3 Å². The van der Waals surface area contributed by atoms with Gasteiger partial charge in [-0.2, -0.15) is 13.2 Å². The molecule has 2 aromatic rings. The van der Waals surface area contributed by atoms with Crippen molar-refractivity contribution >= 4 is 5.97 Å². The third kappa shape index (κ3) is 6.71. The number of ether oxygens (including phenoxy) is 1. The van der Waals surface area contributed by atoms with Gasteiger partial charge in [0.25, 0.3) is 0 Å². The van der Waals surface area contributed by atoms with Crippen LogP contribution in [0.3, 0.4) is 0 Å². The van der Waals surface area contributed by atoms with Gasteiger partial charge >= 0.3 is 12.1 Å². The van der Waals surface area contributed by atoms with Gasteiger partial charge in [-0.25, -0.2) is 4.79 Å². The van der Waals surface area contributed by atoms with Crippen LogP contribution >= 0.6 is 0 Å². The lowest BCUT2D eigenvalue weighted by molar-refractivity contribution is -0.152. The number of hydrogen-bond donors (Lipinski definition) is 1. The summed E-state index contributed by atoms with van der Waals surface area (Å²) in [4.78, 5) is 15.9. The average molecular weight is 465 g/mol. The van der Waals surface area contributed by atoms with E-state index in [0.29, 0.717) is 18.3 Å². The van der Waals surface area contributed by atoms with Crippen molar-refractivity contribution < 1.29 is 27.8 Å². The Labute approximate surface area is 192 Å². The number of piperazine rings is 1. The third-order valence-corrected chi connectivity index (χ3v) is 6.04. The minimum Gasteiger partial charge on any atom is -0.478 e. The molecular weight excluding hydrogens is 433 g/mol. The van der Waals surface area contributed by atoms with E-state index in [-0.39, 0.29) is 0 Å². The van der Waals surface area contributed by atoms with Gasteiger partial charge in [-0.1, -0.05) is 31.2 Å². The Morgan fingerprint density at radius 2 is 1.58 bits per heavy atom. The van der Waals surface area contributed by atoms with Crippen molar-refractivity contribution in [3.05, 3.63) is 65.2 Å². The monoisotopic (exact) mass is 464 g/mol. The Morgan fingerprint density at radius 3 is 2.12 bits per heavy atom. The van der Waals surface area contributed by atoms with Crippen LogP contribution in [-0.4, -0.2) is 52.2 Å². The molecule has 0 spiro atoms. The first-order valence-electron chi connectivity index (χ1n) is 11.1. The van der Waals surface area contributed by atoms with Crippen LogP contribution in [-0.2, 0) is 24.1 Å². The number of rotatable bonds is 8. The number of carboxylic acid groups (broad SMARTS) is 1. The van der Waals surface area contributed by atoms with Crippen LogP contribution in [0, 0.1) is 0 Å². The zero-order valence-corrected chi connectivity index (χ0v) is 19.2. The number of benzene rings is 2. The average Bonchev–Trinajstić information content (AvgIpc) is 2.75. The molecule has 0 amide bonds. The van der Waals surface area contributed by atoms with E-state index in [1.165, 1.54) is 13.8 Å². The van der Waals surface area contributed by atoms with Crippen molar-refractivity contribution in [2.75, 3.05) is 19.6 Å². The zero-order valence-electron chi connectivity index (χ0n) is 19.2. The van der Waals surface area contributed by atoms with Gasteiger partial charge in [0.15, 0.2) is 5.60 Å². The number of hydrogen-bond acceptors (Lipinski definition) is 4. The smallest absolute Gasteiger partial charge is 0.416 e. The molecule has 3 rings (SSSR count). The van der Waals surface area contributed by atoms with Crippen LogP contribution in [0.2, 0.25) is 0 Å². The van der Waals surface area contributed by atoms with E-state index in [2.05, 4.69) is 16.7 Å². The minimum absolute atomic E-state index is 0.319. The molecule has 8 heteroatoms. The fourth-order valence-electron chi connectivity index (χ4n) is 3.99. The van der Waals surface area contributed by atoms with Crippen molar-refractivity contribution in [3.63, 3.8) is 0 Å². The summed E-state index contributed by atoms with van der Waals surface area (Å²) < 4.78 is 43.9. The largest absolute Gasteiger partial charge is 0.478 e. The lowest BCUT2D eigenvalue weighted by Gasteiger charge is -2.41. The number of nitrogens with zero attached hydrogens (tertiary/aromatic N) is 2. The normalized spacial score (nSPS) is 18.3. The highest BCUT2D eigenvalue weighted by atomic mass is 19.4. The molecule has 1 atom stereocenters. The van der Waals surface area contributed by atoms with Crippen LogP contribution in [0.1, 0.15) is 43.9 Å². The van der Waals surface area contributed by atoms with Gasteiger partial charge in [-0.15, -0.1) is 0 Å². The number of halogens is 3. The highest BCUT2D eigenvalue weighted by Gasteiger charge is 2.31. The van der Waals surface area contributed by atoms with Gasteiger partial charge in [0.1, 0.15) is 5.75 Å². The molecule has 1 unspecified atom stereocenters. The van der Waals surface area contributed by atoms with Crippen molar-refractivity contribution in [3.8, 4) is 5.75 Å². The molecule has 0 radical (unpaired) electrons. The molecule has 0 bridgehead atoms. The summed E-state index contributed by atoms with van der Waals surface area (Å²) in [6.07, 6.45) is -3.36. The molecule has 0 aliphatic carbocycles. The summed E-state index contributed by atoms with van der Waals surface area (Å²) in [6, 6.07) is 13.2. The molecule has 180 valence electrons. The van der Waals surface area contributed by atoms with Gasteiger partial charge in [0.2, 0.25) is 0 Å². The van der Waals surface area contributed by atoms with E-state index in [9.17, 15) is 23.1 Å². The van der Waals surface area contributed by atoms with Crippen LogP contribution in [0.15, 0.2) is 48.5 Å². The van der Waals surface area contributed by atoms with Crippen LogP contribution in [0.4, 0.5) is 13.2 Å². The molecular formula is C25H31F3N2O3. The van der Waals surface area contributed by atoms with Crippen molar-refractivity contribution in [2.45, 2.75) is 58.1 Å². The molecule has 0 saturated carbocycles. The fraction of sp³-hybridized carbons (Fsp3) is 0.480. The first kappa shape index (κ1) is 25.1. The zero-order chi connectivity index (χ0) is 24.2.